The molecule has 3 rings (SSSR count). The van der Waals surface area contributed by atoms with Crippen molar-refractivity contribution in [2.24, 2.45) is 0 Å². The lowest BCUT2D eigenvalue weighted by Gasteiger charge is -2.34. The molecule has 25 heavy (non-hydrogen) atoms. The van der Waals surface area contributed by atoms with Gasteiger partial charge in [-0.25, -0.2) is 0 Å². The first-order valence-corrected chi connectivity index (χ1v) is 8.63. The Morgan fingerprint density at radius 1 is 0.960 bits per heavy atom. The lowest BCUT2D eigenvalue weighted by molar-refractivity contribution is -0.131. The van der Waals surface area contributed by atoms with E-state index >= 15 is 0 Å². The Balaban J connectivity index is 1.59. The summed E-state index contributed by atoms with van der Waals surface area (Å²) in [6.07, 6.45) is 1.91. The van der Waals surface area contributed by atoms with Crippen molar-refractivity contribution in [2.75, 3.05) is 26.2 Å². The van der Waals surface area contributed by atoms with E-state index in [0.29, 0.717) is 38.4 Å². The standard InChI is InChI=1S/C20H24N2O3/c1-14-11-16(3)17(12-15(14)2)13-19(23)21-6-8-22(9-7-21)20(24)18-5-4-10-25-18/h4-5,10-12H,6-9,13H2,1-3H3. The van der Waals surface area contributed by atoms with Gasteiger partial charge in [-0.05, 0) is 55.2 Å². The van der Waals surface area contributed by atoms with Gasteiger partial charge in [0.15, 0.2) is 5.76 Å². The monoisotopic (exact) mass is 340 g/mol. The molecule has 132 valence electrons. The number of hydrogen-bond acceptors (Lipinski definition) is 3. The van der Waals surface area contributed by atoms with Gasteiger partial charge in [-0.2, -0.15) is 0 Å². The van der Waals surface area contributed by atoms with Gasteiger partial charge < -0.3 is 14.2 Å². The van der Waals surface area contributed by atoms with Gasteiger partial charge in [-0.1, -0.05) is 12.1 Å². The summed E-state index contributed by atoms with van der Waals surface area (Å²) in [5.74, 6) is 0.365. The van der Waals surface area contributed by atoms with E-state index in [4.69, 9.17) is 4.42 Å². The van der Waals surface area contributed by atoms with Crippen molar-refractivity contribution in [2.45, 2.75) is 27.2 Å². The van der Waals surface area contributed by atoms with Crippen LogP contribution >= 0.6 is 0 Å². The minimum Gasteiger partial charge on any atom is -0.459 e. The molecule has 0 saturated carbocycles. The van der Waals surface area contributed by atoms with Crippen molar-refractivity contribution < 1.29 is 14.0 Å². The molecule has 0 radical (unpaired) electrons. The third kappa shape index (κ3) is 3.76. The third-order valence-electron chi connectivity index (χ3n) is 4.95. The molecule has 0 bridgehead atoms. The second-order valence-corrected chi connectivity index (χ2v) is 6.69. The highest BCUT2D eigenvalue weighted by molar-refractivity contribution is 5.91. The number of benzene rings is 1. The first-order valence-electron chi connectivity index (χ1n) is 8.63. The quantitative estimate of drug-likeness (QED) is 0.863. The fourth-order valence-electron chi connectivity index (χ4n) is 3.20. The number of amides is 2. The number of carbonyl (C=O) groups excluding carboxylic acids is 2. The second kappa shape index (κ2) is 7.13. The minimum absolute atomic E-state index is 0.109. The van der Waals surface area contributed by atoms with E-state index in [1.165, 1.54) is 17.4 Å². The van der Waals surface area contributed by atoms with E-state index in [2.05, 4.69) is 32.9 Å². The van der Waals surface area contributed by atoms with E-state index in [-0.39, 0.29) is 11.8 Å². The fraction of sp³-hybridized carbons (Fsp3) is 0.400. The highest BCUT2D eigenvalue weighted by atomic mass is 16.3. The van der Waals surface area contributed by atoms with E-state index in [9.17, 15) is 9.59 Å². The van der Waals surface area contributed by atoms with Crippen LogP contribution < -0.4 is 0 Å². The van der Waals surface area contributed by atoms with Gasteiger partial charge in [0.2, 0.25) is 5.91 Å². The molecular weight excluding hydrogens is 316 g/mol. The summed E-state index contributed by atoms with van der Waals surface area (Å²) in [4.78, 5) is 28.5. The number of nitrogens with zero attached hydrogens (tertiary/aromatic N) is 2. The third-order valence-corrected chi connectivity index (χ3v) is 4.95. The van der Waals surface area contributed by atoms with Gasteiger partial charge >= 0.3 is 0 Å². The number of piperazine rings is 1. The fourth-order valence-corrected chi connectivity index (χ4v) is 3.20. The van der Waals surface area contributed by atoms with Crippen LogP contribution in [-0.4, -0.2) is 47.8 Å². The van der Waals surface area contributed by atoms with Gasteiger partial charge in [-0.15, -0.1) is 0 Å². The number of furan rings is 1. The zero-order valence-corrected chi connectivity index (χ0v) is 15.0. The van der Waals surface area contributed by atoms with Gasteiger partial charge in [0.25, 0.3) is 5.91 Å². The summed E-state index contributed by atoms with van der Waals surface area (Å²) in [6, 6.07) is 7.62. The predicted molar refractivity (Wildman–Crippen MR) is 95.5 cm³/mol. The molecule has 0 N–H and O–H groups in total. The molecule has 5 nitrogen and oxygen atoms in total. The van der Waals surface area contributed by atoms with Crippen LogP contribution in [0, 0.1) is 20.8 Å². The van der Waals surface area contributed by atoms with Crippen molar-refractivity contribution in [1.82, 2.24) is 9.80 Å². The Labute approximate surface area is 148 Å². The first-order chi connectivity index (χ1) is 12.0. The molecule has 5 heteroatoms. The Hall–Kier alpha value is -2.56. The van der Waals surface area contributed by atoms with Crippen LogP contribution in [-0.2, 0) is 11.2 Å². The normalized spacial score (nSPS) is 14.7. The maximum atomic E-state index is 12.6. The highest BCUT2D eigenvalue weighted by Gasteiger charge is 2.26. The Kier molecular flexibility index (Phi) is 4.93. The maximum Gasteiger partial charge on any atom is 0.289 e. The largest absolute Gasteiger partial charge is 0.459 e. The summed E-state index contributed by atoms with van der Waals surface area (Å²) in [6.45, 7) is 8.42. The highest BCUT2D eigenvalue weighted by Crippen LogP contribution is 2.17. The zero-order valence-electron chi connectivity index (χ0n) is 15.0. The average molecular weight is 340 g/mol. The van der Waals surface area contributed by atoms with E-state index < -0.39 is 0 Å². The lowest BCUT2D eigenvalue weighted by Crippen LogP contribution is -2.51. The molecule has 0 unspecified atom stereocenters. The number of hydrogen-bond donors (Lipinski definition) is 0. The molecule has 0 aliphatic carbocycles. The smallest absolute Gasteiger partial charge is 0.289 e. The molecule has 2 aromatic rings. The number of rotatable bonds is 3. The Morgan fingerprint density at radius 3 is 2.24 bits per heavy atom. The predicted octanol–water partition coefficient (Wildman–Crippen LogP) is 2.73. The number of carbonyl (C=O) groups is 2. The molecule has 1 fully saturated rings. The Morgan fingerprint density at radius 2 is 1.60 bits per heavy atom. The van der Waals surface area contributed by atoms with Crippen LogP contribution in [0.25, 0.3) is 0 Å². The molecule has 1 aliphatic heterocycles. The molecule has 0 spiro atoms. The SMILES string of the molecule is Cc1cc(C)c(CC(=O)N2CCN(C(=O)c3ccco3)CC2)cc1C. The molecule has 0 atom stereocenters. The van der Waals surface area contributed by atoms with Gasteiger partial charge in [0, 0.05) is 26.2 Å². The van der Waals surface area contributed by atoms with Crippen molar-refractivity contribution in [3.63, 3.8) is 0 Å². The maximum absolute atomic E-state index is 12.6. The number of aryl methyl sites for hydroxylation is 3. The summed E-state index contributed by atoms with van der Waals surface area (Å²) in [5, 5.41) is 0. The molecule has 2 heterocycles. The first kappa shape index (κ1) is 17.3. The van der Waals surface area contributed by atoms with Crippen molar-refractivity contribution in [1.29, 1.82) is 0 Å². The second-order valence-electron chi connectivity index (χ2n) is 6.69. The zero-order chi connectivity index (χ0) is 18.0. The van der Waals surface area contributed by atoms with Crippen LogP contribution in [0.2, 0.25) is 0 Å². The van der Waals surface area contributed by atoms with Crippen molar-refractivity contribution in [3.05, 3.63) is 58.5 Å². The van der Waals surface area contributed by atoms with Crippen LogP contribution in [0.3, 0.4) is 0 Å². The van der Waals surface area contributed by atoms with Crippen LogP contribution in [0.1, 0.15) is 32.8 Å². The topological polar surface area (TPSA) is 53.8 Å². The summed E-state index contributed by atoms with van der Waals surface area (Å²) >= 11 is 0. The molecule has 1 aromatic carbocycles. The van der Waals surface area contributed by atoms with Crippen molar-refractivity contribution >= 4 is 11.8 Å². The van der Waals surface area contributed by atoms with Crippen molar-refractivity contribution in [3.8, 4) is 0 Å². The molecule has 2 amide bonds. The van der Waals surface area contributed by atoms with E-state index in [0.717, 1.165) is 11.1 Å². The summed E-state index contributed by atoms with van der Waals surface area (Å²) < 4.78 is 5.16. The summed E-state index contributed by atoms with van der Waals surface area (Å²) in [7, 11) is 0. The van der Waals surface area contributed by atoms with Crippen LogP contribution in [0.4, 0.5) is 0 Å². The van der Waals surface area contributed by atoms with Gasteiger partial charge in [0.05, 0.1) is 12.7 Å². The molecular formula is C20H24N2O3. The van der Waals surface area contributed by atoms with Gasteiger partial charge in [0.1, 0.15) is 0 Å². The van der Waals surface area contributed by atoms with Crippen LogP contribution in [0.5, 0.6) is 0 Å². The molecule has 1 aliphatic rings. The average Bonchev–Trinajstić information content (AvgIpc) is 3.13. The Bertz CT molecular complexity index is 772. The van der Waals surface area contributed by atoms with Gasteiger partial charge in [-0.3, -0.25) is 9.59 Å². The van der Waals surface area contributed by atoms with Crippen LogP contribution in [0.15, 0.2) is 34.9 Å². The lowest BCUT2D eigenvalue weighted by atomic mass is 9.98. The van der Waals surface area contributed by atoms with E-state index in [1.54, 1.807) is 17.0 Å². The molecule has 1 aromatic heterocycles. The van der Waals surface area contributed by atoms with E-state index in [1.807, 2.05) is 4.90 Å². The summed E-state index contributed by atoms with van der Waals surface area (Å²) in [5.41, 5.74) is 4.70. The molecule has 1 saturated heterocycles. The minimum atomic E-state index is -0.109.